The molecule has 2 aromatic rings. The van der Waals surface area contributed by atoms with Crippen LogP contribution in [0.15, 0.2) is 18.6 Å². The van der Waals surface area contributed by atoms with Gasteiger partial charge in [-0.3, -0.25) is 9.48 Å². The van der Waals surface area contributed by atoms with Crippen LogP contribution in [0.4, 0.5) is 5.82 Å². The molecule has 1 saturated carbocycles. The molecule has 0 amide bonds. The van der Waals surface area contributed by atoms with Crippen molar-refractivity contribution in [2.24, 2.45) is 7.05 Å². The number of anilines is 1. The smallest absolute Gasteiger partial charge is 0.302 e. The summed E-state index contributed by atoms with van der Waals surface area (Å²) in [6.07, 6.45) is 6.95. The second kappa shape index (κ2) is 9.31. The highest BCUT2D eigenvalue weighted by Crippen LogP contribution is 2.31. The number of aryl methyl sites for hydroxylation is 1. The van der Waals surface area contributed by atoms with E-state index in [4.69, 9.17) is 25.8 Å². The normalized spacial score (nSPS) is 22.1. The molecule has 3 unspecified atom stereocenters. The first kappa shape index (κ1) is 20.5. The number of methoxy groups -OCH3 is 1. The molecular weight excluding hydrogens is 386 g/mol. The maximum Gasteiger partial charge on any atom is 0.302 e. The first-order valence-corrected chi connectivity index (χ1v) is 9.41. The zero-order valence-electron chi connectivity index (χ0n) is 16.1. The third kappa shape index (κ3) is 4.98. The van der Waals surface area contributed by atoms with Gasteiger partial charge in [-0.1, -0.05) is 0 Å². The highest BCUT2D eigenvalue weighted by molar-refractivity contribution is 6.28. The van der Waals surface area contributed by atoms with Gasteiger partial charge in [-0.05, 0) is 30.9 Å². The third-order valence-electron chi connectivity index (χ3n) is 4.56. The van der Waals surface area contributed by atoms with Gasteiger partial charge in [0.2, 0.25) is 5.28 Å². The summed E-state index contributed by atoms with van der Waals surface area (Å²) >= 11 is 6.04. The minimum Gasteiger partial charge on any atom is -0.460 e. The lowest BCUT2D eigenvalue weighted by atomic mass is 9.89. The van der Waals surface area contributed by atoms with E-state index in [-0.39, 0.29) is 36.3 Å². The molecule has 152 valence electrons. The van der Waals surface area contributed by atoms with Crippen molar-refractivity contribution >= 4 is 23.4 Å². The Labute approximate surface area is 168 Å². The molecule has 2 aromatic heterocycles. The highest BCUT2D eigenvalue weighted by Gasteiger charge is 2.37. The van der Waals surface area contributed by atoms with Gasteiger partial charge in [0, 0.05) is 44.6 Å². The van der Waals surface area contributed by atoms with Gasteiger partial charge in [0.25, 0.3) is 0 Å². The van der Waals surface area contributed by atoms with Crippen LogP contribution in [0.5, 0.6) is 0 Å². The summed E-state index contributed by atoms with van der Waals surface area (Å²) in [4.78, 5) is 20.0. The second-order valence-electron chi connectivity index (χ2n) is 6.67. The minimum atomic E-state index is -0.381. The molecule has 0 spiro atoms. The Bertz CT molecular complexity index is 815. The number of halogens is 1. The largest absolute Gasteiger partial charge is 0.460 e. The summed E-state index contributed by atoms with van der Waals surface area (Å²) in [5, 5.41) is 7.76. The predicted molar refractivity (Wildman–Crippen MR) is 103 cm³/mol. The zero-order chi connectivity index (χ0) is 20.1. The van der Waals surface area contributed by atoms with Crippen LogP contribution >= 0.6 is 11.6 Å². The molecule has 28 heavy (non-hydrogen) atoms. The molecule has 0 aliphatic heterocycles. The van der Waals surface area contributed by atoms with Crippen LogP contribution < -0.4 is 5.32 Å². The Balaban J connectivity index is 1.87. The van der Waals surface area contributed by atoms with E-state index in [2.05, 4.69) is 20.4 Å². The highest BCUT2D eigenvalue weighted by atomic mass is 35.5. The number of carbonyl (C=O) groups is 1. The summed E-state index contributed by atoms with van der Waals surface area (Å²) in [5.41, 5.74) is 1.64. The van der Waals surface area contributed by atoms with E-state index in [1.807, 2.05) is 13.2 Å². The molecule has 3 rings (SSSR count). The number of esters is 1. The Morgan fingerprint density at radius 1 is 1.39 bits per heavy atom. The van der Waals surface area contributed by atoms with E-state index in [0.717, 1.165) is 30.4 Å². The number of carbonyl (C=O) groups excluding carboxylic acids is 1. The molecule has 0 aromatic carbocycles. The SMILES string of the molecule is COCOC1C(Nc2nc(Cl)ncc2-c2cnn(C)c2)CCCC1OC(C)=O. The van der Waals surface area contributed by atoms with Crippen LogP contribution in [0.25, 0.3) is 11.1 Å². The minimum absolute atomic E-state index is 0.0978. The Morgan fingerprint density at radius 3 is 2.89 bits per heavy atom. The Morgan fingerprint density at radius 2 is 2.21 bits per heavy atom. The fourth-order valence-corrected chi connectivity index (χ4v) is 3.54. The molecule has 3 atom stereocenters. The van der Waals surface area contributed by atoms with Crippen molar-refractivity contribution in [3.05, 3.63) is 23.9 Å². The van der Waals surface area contributed by atoms with Gasteiger partial charge in [0.1, 0.15) is 24.8 Å². The fraction of sp³-hybridized carbons (Fsp3) is 0.556. The summed E-state index contributed by atoms with van der Waals surface area (Å²) < 4.78 is 18.1. The lowest BCUT2D eigenvalue weighted by Crippen LogP contribution is -2.49. The number of hydrogen-bond donors (Lipinski definition) is 1. The van der Waals surface area contributed by atoms with E-state index in [9.17, 15) is 4.79 Å². The number of aromatic nitrogens is 4. The molecule has 1 fully saturated rings. The number of rotatable bonds is 7. The first-order chi connectivity index (χ1) is 13.5. The molecular formula is C18H24ClN5O4. The van der Waals surface area contributed by atoms with Gasteiger partial charge >= 0.3 is 5.97 Å². The van der Waals surface area contributed by atoms with E-state index in [1.54, 1.807) is 24.2 Å². The Kier molecular flexibility index (Phi) is 6.82. The number of hydrogen-bond acceptors (Lipinski definition) is 8. The monoisotopic (exact) mass is 409 g/mol. The summed E-state index contributed by atoms with van der Waals surface area (Å²) in [6, 6.07) is -0.144. The van der Waals surface area contributed by atoms with Gasteiger partial charge in [-0.25, -0.2) is 9.97 Å². The molecule has 1 aliphatic carbocycles. The zero-order valence-corrected chi connectivity index (χ0v) is 16.8. The molecule has 1 aliphatic rings. The van der Waals surface area contributed by atoms with Crippen molar-refractivity contribution in [2.75, 3.05) is 19.2 Å². The number of ether oxygens (including phenoxy) is 3. The van der Waals surface area contributed by atoms with E-state index >= 15 is 0 Å². The van der Waals surface area contributed by atoms with E-state index in [0.29, 0.717) is 5.82 Å². The van der Waals surface area contributed by atoms with Crippen LogP contribution in [0.2, 0.25) is 5.28 Å². The van der Waals surface area contributed by atoms with Gasteiger partial charge in [-0.15, -0.1) is 0 Å². The van der Waals surface area contributed by atoms with Gasteiger partial charge in [0.05, 0.1) is 12.2 Å². The molecule has 0 saturated heterocycles. The maximum absolute atomic E-state index is 11.5. The van der Waals surface area contributed by atoms with Crippen molar-refractivity contribution in [3.8, 4) is 11.1 Å². The summed E-state index contributed by atoms with van der Waals surface area (Å²) in [6.45, 7) is 1.50. The molecule has 10 heteroatoms. The van der Waals surface area contributed by atoms with Gasteiger partial charge < -0.3 is 19.5 Å². The fourth-order valence-electron chi connectivity index (χ4n) is 3.41. The van der Waals surface area contributed by atoms with Crippen molar-refractivity contribution in [1.29, 1.82) is 0 Å². The van der Waals surface area contributed by atoms with Crippen LogP contribution in [0, 0.1) is 0 Å². The lowest BCUT2D eigenvalue weighted by molar-refractivity contribution is -0.169. The van der Waals surface area contributed by atoms with Crippen LogP contribution in [-0.2, 0) is 26.1 Å². The lowest BCUT2D eigenvalue weighted by Gasteiger charge is -2.37. The van der Waals surface area contributed by atoms with Crippen LogP contribution in [0.1, 0.15) is 26.2 Å². The summed E-state index contributed by atoms with van der Waals surface area (Å²) in [7, 11) is 3.39. The van der Waals surface area contributed by atoms with E-state index in [1.165, 1.54) is 6.92 Å². The van der Waals surface area contributed by atoms with Crippen molar-refractivity contribution in [1.82, 2.24) is 19.7 Å². The topological polar surface area (TPSA) is 100 Å². The second-order valence-corrected chi connectivity index (χ2v) is 7.01. The van der Waals surface area contributed by atoms with E-state index < -0.39 is 0 Å². The maximum atomic E-state index is 11.5. The standard InChI is InChI=1S/C18H24ClN5O4/c1-11(25)28-15-6-4-5-14(16(15)27-10-26-3)22-17-13(8-20-18(19)23-17)12-7-21-24(2)9-12/h7-9,14-16H,4-6,10H2,1-3H3,(H,20,22,23). The van der Waals surface area contributed by atoms with Crippen LogP contribution in [0.3, 0.4) is 0 Å². The quantitative estimate of drug-likeness (QED) is 0.422. The number of nitrogens with one attached hydrogen (secondary N) is 1. The van der Waals surface area contributed by atoms with Crippen LogP contribution in [-0.4, -0.2) is 57.9 Å². The third-order valence-corrected chi connectivity index (χ3v) is 4.74. The van der Waals surface area contributed by atoms with Gasteiger partial charge in [0.15, 0.2) is 0 Å². The number of nitrogens with zero attached hydrogens (tertiary/aromatic N) is 4. The predicted octanol–water partition coefficient (Wildman–Crippen LogP) is 2.42. The van der Waals surface area contributed by atoms with Crippen molar-refractivity contribution < 1.29 is 19.0 Å². The van der Waals surface area contributed by atoms with Gasteiger partial charge in [-0.2, -0.15) is 5.10 Å². The molecule has 0 bridgehead atoms. The average Bonchev–Trinajstić information content (AvgIpc) is 3.07. The molecule has 1 N–H and O–H groups in total. The van der Waals surface area contributed by atoms with Crippen molar-refractivity contribution in [3.63, 3.8) is 0 Å². The Hall–Kier alpha value is -2.23. The first-order valence-electron chi connectivity index (χ1n) is 9.03. The molecule has 0 radical (unpaired) electrons. The summed E-state index contributed by atoms with van der Waals surface area (Å²) in [5.74, 6) is 0.241. The van der Waals surface area contributed by atoms with Crippen molar-refractivity contribution in [2.45, 2.75) is 44.4 Å². The molecule has 9 nitrogen and oxygen atoms in total. The average molecular weight is 410 g/mol. The molecule has 2 heterocycles.